The predicted octanol–water partition coefficient (Wildman–Crippen LogP) is 3.27. The molecule has 0 fully saturated rings. The molecule has 1 amide bonds. The summed E-state index contributed by atoms with van der Waals surface area (Å²) in [7, 11) is 1.36. The summed E-state index contributed by atoms with van der Waals surface area (Å²) in [5.41, 5.74) is -0.196. The van der Waals surface area contributed by atoms with Crippen molar-refractivity contribution in [3.8, 4) is 5.75 Å². The lowest BCUT2D eigenvalue weighted by Crippen LogP contribution is -2.15. The van der Waals surface area contributed by atoms with Crippen molar-refractivity contribution >= 4 is 23.2 Å². The van der Waals surface area contributed by atoms with Gasteiger partial charge in [-0.05, 0) is 18.2 Å². The van der Waals surface area contributed by atoms with Gasteiger partial charge in [-0.15, -0.1) is 0 Å². The van der Waals surface area contributed by atoms with Gasteiger partial charge in [-0.2, -0.15) is 0 Å². The molecule has 0 aliphatic rings. The Morgan fingerprint density at radius 2 is 2.10 bits per heavy atom. The smallest absolute Gasteiger partial charge is 0.262 e. The number of hydrogen-bond acceptors (Lipinski definition) is 3. The Bertz CT molecular complexity index is 665. The van der Waals surface area contributed by atoms with E-state index in [4.69, 9.17) is 16.3 Å². The van der Waals surface area contributed by atoms with Crippen LogP contribution < -0.4 is 10.1 Å². The maximum atomic E-state index is 13.5. The van der Waals surface area contributed by atoms with Gasteiger partial charge in [0, 0.05) is 12.3 Å². The molecule has 0 saturated carbocycles. The van der Waals surface area contributed by atoms with Crippen LogP contribution in [0.3, 0.4) is 0 Å². The summed E-state index contributed by atoms with van der Waals surface area (Å²) in [5.74, 6) is -2.13. The van der Waals surface area contributed by atoms with Gasteiger partial charge >= 0.3 is 0 Å². The van der Waals surface area contributed by atoms with Crippen LogP contribution in [-0.4, -0.2) is 18.0 Å². The van der Waals surface area contributed by atoms with Crippen LogP contribution in [0.25, 0.3) is 0 Å². The number of nitrogens with one attached hydrogen (secondary N) is 1. The quantitative estimate of drug-likeness (QED) is 0.885. The number of pyridine rings is 1. The maximum Gasteiger partial charge on any atom is 0.262 e. The summed E-state index contributed by atoms with van der Waals surface area (Å²) < 4.78 is 31.3. The van der Waals surface area contributed by atoms with Gasteiger partial charge in [0.05, 0.1) is 12.8 Å². The van der Waals surface area contributed by atoms with Gasteiger partial charge in [0.25, 0.3) is 5.91 Å². The zero-order valence-electron chi connectivity index (χ0n) is 10.3. The SMILES string of the molecule is COc1ccnc(Cl)c1C(=O)Nc1ccc(F)cc1F. The minimum atomic E-state index is -0.891. The average Bonchev–Trinajstić information content (AvgIpc) is 2.41. The summed E-state index contributed by atoms with van der Waals surface area (Å²) in [6, 6.07) is 4.25. The molecule has 0 radical (unpaired) electrons. The van der Waals surface area contributed by atoms with Crippen molar-refractivity contribution in [1.29, 1.82) is 0 Å². The number of rotatable bonds is 3. The van der Waals surface area contributed by atoms with Crippen molar-refractivity contribution in [2.75, 3.05) is 12.4 Å². The van der Waals surface area contributed by atoms with E-state index in [1.165, 1.54) is 19.4 Å². The van der Waals surface area contributed by atoms with E-state index in [-0.39, 0.29) is 22.2 Å². The topological polar surface area (TPSA) is 51.2 Å². The van der Waals surface area contributed by atoms with Crippen molar-refractivity contribution in [3.05, 3.63) is 52.8 Å². The van der Waals surface area contributed by atoms with Crippen LogP contribution in [0.5, 0.6) is 5.75 Å². The lowest BCUT2D eigenvalue weighted by molar-refractivity contribution is 0.102. The monoisotopic (exact) mass is 298 g/mol. The van der Waals surface area contributed by atoms with Crippen LogP contribution in [-0.2, 0) is 0 Å². The van der Waals surface area contributed by atoms with E-state index in [0.29, 0.717) is 6.07 Å². The van der Waals surface area contributed by atoms with E-state index >= 15 is 0 Å². The maximum absolute atomic E-state index is 13.5. The Balaban J connectivity index is 2.33. The number of methoxy groups -OCH3 is 1. The molecule has 0 aliphatic heterocycles. The molecule has 2 rings (SSSR count). The molecule has 20 heavy (non-hydrogen) atoms. The predicted molar refractivity (Wildman–Crippen MR) is 70.1 cm³/mol. The van der Waals surface area contributed by atoms with E-state index in [9.17, 15) is 13.6 Å². The zero-order chi connectivity index (χ0) is 14.7. The normalized spacial score (nSPS) is 10.2. The lowest BCUT2D eigenvalue weighted by Gasteiger charge is -2.10. The molecular formula is C13H9ClF2N2O2. The van der Waals surface area contributed by atoms with E-state index in [0.717, 1.165) is 12.1 Å². The molecule has 1 aromatic carbocycles. The van der Waals surface area contributed by atoms with Crippen molar-refractivity contribution in [3.63, 3.8) is 0 Å². The van der Waals surface area contributed by atoms with Crippen molar-refractivity contribution < 1.29 is 18.3 Å². The lowest BCUT2D eigenvalue weighted by atomic mass is 10.2. The van der Waals surface area contributed by atoms with Crippen LogP contribution in [0.4, 0.5) is 14.5 Å². The summed E-state index contributed by atoms with van der Waals surface area (Å²) in [6.45, 7) is 0. The van der Waals surface area contributed by atoms with Gasteiger partial charge in [0.1, 0.15) is 28.1 Å². The van der Waals surface area contributed by atoms with Gasteiger partial charge in [-0.1, -0.05) is 11.6 Å². The fraction of sp³-hybridized carbons (Fsp3) is 0.0769. The van der Waals surface area contributed by atoms with Gasteiger partial charge in [-0.3, -0.25) is 4.79 Å². The minimum Gasteiger partial charge on any atom is -0.496 e. The minimum absolute atomic E-state index is 0.0274. The Morgan fingerprint density at radius 3 is 2.75 bits per heavy atom. The van der Waals surface area contributed by atoms with Crippen LogP contribution in [0.2, 0.25) is 5.15 Å². The second-order valence-electron chi connectivity index (χ2n) is 3.76. The third-order valence-electron chi connectivity index (χ3n) is 2.49. The summed E-state index contributed by atoms with van der Waals surface area (Å²) in [4.78, 5) is 15.8. The van der Waals surface area contributed by atoms with E-state index < -0.39 is 17.5 Å². The standard InChI is InChI=1S/C13H9ClF2N2O2/c1-20-10-4-5-17-12(14)11(10)13(19)18-9-3-2-7(15)6-8(9)16/h2-6H,1H3,(H,18,19). The first-order valence-electron chi connectivity index (χ1n) is 5.48. The molecule has 0 unspecified atom stereocenters. The Hall–Kier alpha value is -2.21. The van der Waals surface area contributed by atoms with E-state index in [1.54, 1.807) is 0 Å². The first-order valence-corrected chi connectivity index (χ1v) is 5.85. The van der Waals surface area contributed by atoms with Crippen molar-refractivity contribution in [1.82, 2.24) is 4.98 Å². The number of aromatic nitrogens is 1. The van der Waals surface area contributed by atoms with Gasteiger partial charge in [0.2, 0.25) is 0 Å². The second-order valence-corrected chi connectivity index (χ2v) is 4.12. The number of anilines is 1. The fourth-order valence-corrected chi connectivity index (χ4v) is 1.81. The molecule has 0 bridgehead atoms. The highest BCUT2D eigenvalue weighted by atomic mass is 35.5. The van der Waals surface area contributed by atoms with E-state index in [2.05, 4.69) is 10.3 Å². The first kappa shape index (κ1) is 14.2. The Labute approximate surface area is 118 Å². The number of benzene rings is 1. The first-order chi connectivity index (χ1) is 9.52. The molecule has 2 aromatic rings. The molecule has 1 heterocycles. The summed E-state index contributed by atoms with van der Waals surface area (Å²) in [5, 5.41) is 2.20. The second kappa shape index (κ2) is 5.83. The van der Waals surface area contributed by atoms with E-state index in [1.807, 2.05) is 0 Å². The molecular weight excluding hydrogens is 290 g/mol. The molecule has 0 saturated heterocycles. The number of carbonyl (C=O) groups is 1. The highest BCUT2D eigenvalue weighted by molar-refractivity contribution is 6.33. The van der Waals surface area contributed by atoms with Crippen LogP contribution in [0, 0.1) is 11.6 Å². The fourth-order valence-electron chi connectivity index (χ4n) is 1.57. The largest absolute Gasteiger partial charge is 0.496 e. The molecule has 7 heteroatoms. The highest BCUT2D eigenvalue weighted by Crippen LogP contribution is 2.25. The third-order valence-corrected chi connectivity index (χ3v) is 2.78. The number of halogens is 3. The molecule has 0 atom stereocenters. The van der Waals surface area contributed by atoms with Crippen LogP contribution in [0.1, 0.15) is 10.4 Å². The van der Waals surface area contributed by atoms with Gasteiger partial charge in [-0.25, -0.2) is 13.8 Å². The van der Waals surface area contributed by atoms with Crippen molar-refractivity contribution in [2.45, 2.75) is 0 Å². The number of amides is 1. The van der Waals surface area contributed by atoms with Crippen LogP contribution >= 0.6 is 11.6 Å². The molecule has 1 aromatic heterocycles. The molecule has 0 spiro atoms. The molecule has 0 aliphatic carbocycles. The number of ether oxygens (including phenoxy) is 1. The van der Waals surface area contributed by atoms with Crippen molar-refractivity contribution in [2.24, 2.45) is 0 Å². The zero-order valence-corrected chi connectivity index (χ0v) is 11.0. The molecule has 4 nitrogen and oxygen atoms in total. The highest BCUT2D eigenvalue weighted by Gasteiger charge is 2.18. The number of hydrogen-bond donors (Lipinski definition) is 1. The summed E-state index contributed by atoms with van der Waals surface area (Å²) >= 11 is 5.83. The molecule has 1 N–H and O–H groups in total. The molecule has 104 valence electrons. The Kier molecular flexibility index (Phi) is 4.14. The van der Waals surface area contributed by atoms with Gasteiger partial charge in [0.15, 0.2) is 0 Å². The third kappa shape index (κ3) is 2.85. The number of carbonyl (C=O) groups excluding carboxylic acids is 1. The number of nitrogens with zero attached hydrogens (tertiary/aromatic N) is 1. The van der Waals surface area contributed by atoms with Crippen LogP contribution in [0.15, 0.2) is 30.5 Å². The Morgan fingerprint density at radius 1 is 1.35 bits per heavy atom. The summed E-state index contributed by atoms with van der Waals surface area (Å²) in [6.07, 6.45) is 1.37. The average molecular weight is 299 g/mol. The van der Waals surface area contributed by atoms with Gasteiger partial charge < -0.3 is 10.1 Å².